The van der Waals surface area contributed by atoms with Crippen molar-refractivity contribution in [1.29, 1.82) is 0 Å². The summed E-state index contributed by atoms with van der Waals surface area (Å²) in [4.78, 5) is 19.0. The second-order valence-corrected chi connectivity index (χ2v) is 6.75. The van der Waals surface area contributed by atoms with Crippen molar-refractivity contribution in [2.45, 2.75) is 26.4 Å². The summed E-state index contributed by atoms with van der Waals surface area (Å²) in [5, 5.41) is 11.8. The maximum absolute atomic E-state index is 14.3. The summed E-state index contributed by atoms with van der Waals surface area (Å²) in [6.07, 6.45) is 3.22. The molecule has 0 atom stereocenters. The summed E-state index contributed by atoms with van der Waals surface area (Å²) in [7, 11) is 1.31. The van der Waals surface area contributed by atoms with Gasteiger partial charge in [-0.3, -0.25) is 4.79 Å². The lowest BCUT2D eigenvalue weighted by Crippen LogP contribution is -2.06. The number of carbonyl (C=O) groups is 1. The van der Waals surface area contributed by atoms with Crippen LogP contribution in [0.4, 0.5) is 20.4 Å². The van der Waals surface area contributed by atoms with Crippen LogP contribution in [0, 0.1) is 18.6 Å². The molecule has 9 heteroatoms. The first-order chi connectivity index (χ1) is 14.9. The number of anilines is 2. The van der Waals surface area contributed by atoms with Crippen molar-refractivity contribution in [3.8, 4) is 11.5 Å². The first kappa shape index (κ1) is 21.9. The fourth-order valence-electron chi connectivity index (χ4n) is 2.88. The number of hydrogen-bond acceptors (Lipinski definition) is 6. The highest BCUT2D eigenvalue weighted by molar-refractivity contribution is 5.67. The predicted octanol–water partition coefficient (Wildman–Crippen LogP) is 4.41. The number of aryl methyl sites for hydroxylation is 2. The van der Waals surface area contributed by atoms with Gasteiger partial charge in [-0.2, -0.15) is 0 Å². The summed E-state index contributed by atoms with van der Waals surface area (Å²) in [5.41, 5.74) is 1.58. The molecule has 3 rings (SSSR count). The smallest absolute Gasteiger partial charge is 0.303 e. The number of rotatable bonds is 9. The number of aliphatic carboxylic acids is 1. The van der Waals surface area contributed by atoms with Crippen LogP contribution in [-0.2, 0) is 17.8 Å². The van der Waals surface area contributed by atoms with E-state index < -0.39 is 17.6 Å². The highest BCUT2D eigenvalue weighted by atomic mass is 19.1. The summed E-state index contributed by atoms with van der Waals surface area (Å²) in [5.74, 6) is -1.90. The summed E-state index contributed by atoms with van der Waals surface area (Å²) >= 11 is 0. The number of nitrogens with zero attached hydrogens (tertiary/aromatic N) is 2. The number of carboxylic acids is 1. The van der Waals surface area contributed by atoms with E-state index in [1.807, 2.05) is 12.1 Å². The van der Waals surface area contributed by atoms with Gasteiger partial charge in [0.15, 0.2) is 17.3 Å². The lowest BCUT2D eigenvalue weighted by molar-refractivity contribution is -0.136. The number of methoxy groups -OCH3 is 1. The van der Waals surface area contributed by atoms with Gasteiger partial charge in [-0.15, -0.1) is 0 Å². The number of aromatic nitrogens is 2. The van der Waals surface area contributed by atoms with Gasteiger partial charge < -0.3 is 19.9 Å². The molecule has 0 amide bonds. The van der Waals surface area contributed by atoms with Crippen LogP contribution in [0.25, 0.3) is 0 Å². The zero-order valence-electron chi connectivity index (χ0n) is 17.0. The SMILES string of the molecule is COc1cc(C)c(F)c(COc2cnc(Nc3cccc(CCC(=O)O)c3)nc2)c1F. The largest absolute Gasteiger partial charge is 0.494 e. The Morgan fingerprint density at radius 2 is 1.90 bits per heavy atom. The number of halogens is 2. The van der Waals surface area contributed by atoms with Crippen LogP contribution < -0.4 is 14.8 Å². The maximum atomic E-state index is 14.3. The summed E-state index contributed by atoms with van der Waals surface area (Å²) < 4.78 is 39.0. The van der Waals surface area contributed by atoms with E-state index in [1.165, 1.54) is 32.5 Å². The van der Waals surface area contributed by atoms with Crippen LogP contribution in [-0.4, -0.2) is 28.2 Å². The molecule has 0 unspecified atom stereocenters. The van der Waals surface area contributed by atoms with Gasteiger partial charge in [0.2, 0.25) is 5.95 Å². The molecule has 0 saturated heterocycles. The predicted molar refractivity (Wildman–Crippen MR) is 110 cm³/mol. The fraction of sp³-hybridized carbons (Fsp3) is 0.227. The van der Waals surface area contributed by atoms with Crippen molar-refractivity contribution in [2.24, 2.45) is 0 Å². The van der Waals surface area contributed by atoms with Crippen LogP contribution >= 0.6 is 0 Å². The molecule has 0 fully saturated rings. The average Bonchev–Trinajstić information content (AvgIpc) is 2.76. The van der Waals surface area contributed by atoms with E-state index in [2.05, 4.69) is 15.3 Å². The number of hydrogen-bond donors (Lipinski definition) is 2. The molecule has 0 saturated carbocycles. The zero-order valence-corrected chi connectivity index (χ0v) is 17.0. The molecule has 0 aliphatic carbocycles. The third kappa shape index (κ3) is 5.65. The van der Waals surface area contributed by atoms with Gasteiger partial charge in [-0.25, -0.2) is 18.7 Å². The van der Waals surface area contributed by atoms with Gasteiger partial charge in [0.1, 0.15) is 12.4 Å². The topological polar surface area (TPSA) is 93.6 Å². The molecule has 3 aromatic rings. The van der Waals surface area contributed by atoms with Crippen molar-refractivity contribution in [1.82, 2.24) is 9.97 Å². The number of carboxylic acid groups (broad SMARTS) is 1. The minimum Gasteiger partial charge on any atom is -0.494 e. The van der Waals surface area contributed by atoms with E-state index in [0.717, 1.165) is 5.56 Å². The Morgan fingerprint density at radius 1 is 1.16 bits per heavy atom. The Labute approximate surface area is 177 Å². The van der Waals surface area contributed by atoms with Crippen LogP contribution in [0.1, 0.15) is 23.1 Å². The Bertz CT molecular complexity index is 1080. The maximum Gasteiger partial charge on any atom is 0.303 e. The van der Waals surface area contributed by atoms with Gasteiger partial charge in [0.05, 0.1) is 25.1 Å². The van der Waals surface area contributed by atoms with Crippen molar-refractivity contribution < 1.29 is 28.2 Å². The number of benzene rings is 2. The van der Waals surface area contributed by atoms with Crippen LogP contribution in [0.15, 0.2) is 42.7 Å². The molecule has 2 aromatic carbocycles. The molecule has 1 heterocycles. The van der Waals surface area contributed by atoms with Crippen molar-refractivity contribution >= 4 is 17.6 Å². The fourth-order valence-corrected chi connectivity index (χ4v) is 2.88. The minimum absolute atomic E-state index is 0.0417. The first-order valence-electron chi connectivity index (χ1n) is 9.41. The zero-order chi connectivity index (χ0) is 22.4. The lowest BCUT2D eigenvalue weighted by Gasteiger charge is -2.12. The van der Waals surface area contributed by atoms with Gasteiger partial charge in [0, 0.05) is 12.1 Å². The lowest BCUT2D eigenvalue weighted by atomic mass is 10.1. The quantitative estimate of drug-likeness (QED) is 0.520. The number of nitrogens with one attached hydrogen (secondary N) is 1. The molecule has 0 bridgehead atoms. The van der Waals surface area contributed by atoms with E-state index in [-0.39, 0.29) is 41.6 Å². The molecule has 7 nitrogen and oxygen atoms in total. The van der Waals surface area contributed by atoms with Gasteiger partial charge in [-0.1, -0.05) is 12.1 Å². The van der Waals surface area contributed by atoms with E-state index >= 15 is 0 Å². The molecular weight excluding hydrogens is 408 g/mol. The van der Waals surface area contributed by atoms with E-state index in [1.54, 1.807) is 12.1 Å². The van der Waals surface area contributed by atoms with Gasteiger partial charge in [0.25, 0.3) is 0 Å². The second-order valence-electron chi connectivity index (χ2n) is 6.75. The molecule has 1 aromatic heterocycles. The summed E-state index contributed by atoms with van der Waals surface area (Å²) in [6, 6.07) is 8.54. The molecule has 0 aliphatic rings. The monoisotopic (exact) mass is 429 g/mol. The van der Waals surface area contributed by atoms with Crippen molar-refractivity contribution in [3.63, 3.8) is 0 Å². The molecular formula is C22H21F2N3O4. The van der Waals surface area contributed by atoms with Crippen molar-refractivity contribution in [2.75, 3.05) is 12.4 Å². The molecule has 162 valence electrons. The van der Waals surface area contributed by atoms with E-state index in [4.69, 9.17) is 14.6 Å². The first-order valence-corrected chi connectivity index (χ1v) is 9.41. The Morgan fingerprint density at radius 3 is 2.58 bits per heavy atom. The third-order valence-electron chi connectivity index (χ3n) is 4.48. The Balaban J connectivity index is 1.65. The normalized spacial score (nSPS) is 10.6. The molecule has 0 radical (unpaired) electrons. The highest BCUT2D eigenvalue weighted by Crippen LogP contribution is 2.27. The second kappa shape index (κ2) is 9.84. The molecule has 2 N–H and O–H groups in total. The standard InChI is InChI=1S/C22H21F2N3O4/c1-13-8-18(30-2)21(24)17(20(13)23)12-31-16-10-25-22(26-11-16)27-15-5-3-4-14(9-15)6-7-19(28)29/h3-5,8-11H,6-7,12H2,1-2H3,(H,28,29)(H,25,26,27). The van der Waals surface area contributed by atoms with Gasteiger partial charge >= 0.3 is 5.97 Å². The van der Waals surface area contributed by atoms with E-state index in [0.29, 0.717) is 12.1 Å². The highest BCUT2D eigenvalue weighted by Gasteiger charge is 2.18. The van der Waals surface area contributed by atoms with Gasteiger partial charge in [-0.05, 0) is 42.7 Å². The minimum atomic E-state index is -0.860. The molecule has 31 heavy (non-hydrogen) atoms. The van der Waals surface area contributed by atoms with Crippen LogP contribution in [0.2, 0.25) is 0 Å². The molecule has 0 spiro atoms. The summed E-state index contributed by atoms with van der Waals surface area (Å²) in [6.45, 7) is 1.17. The number of ether oxygens (including phenoxy) is 2. The average molecular weight is 429 g/mol. The Hall–Kier alpha value is -3.75. The van der Waals surface area contributed by atoms with Crippen LogP contribution in [0.5, 0.6) is 11.5 Å². The van der Waals surface area contributed by atoms with Crippen molar-refractivity contribution in [3.05, 3.63) is 71.1 Å². The Kier molecular flexibility index (Phi) is 6.96. The third-order valence-corrected chi connectivity index (χ3v) is 4.48. The van der Waals surface area contributed by atoms with E-state index in [9.17, 15) is 13.6 Å². The van der Waals surface area contributed by atoms with Crippen LogP contribution in [0.3, 0.4) is 0 Å². The molecule has 0 aliphatic heterocycles.